The Kier molecular flexibility index (Phi) is 6.53. The second-order valence-corrected chi connectivity index (χ2v) is 9.00. The van der Waals surface area contributed by atoms with E-state index in [-0.39, 0.29) is 17.3 Å². The van der Waals surface area contributed by atoms with Gasteiger partial charge in [0.2, 0.25) is 15.9 Å². The summed E-state index contributed by atoms with van der Waals surface area (Å²) in [7, 11) is -3.51. The van der Waals surface area contributed by atoms with E-state index in [4.69, 9.17) is 11.6 Å². The molecule has 9 heteroatoms. The fraction of sp³-hybridized carbons (Fsp3) is 0.368. The van der Waals surface area contributed by atoms with Gasteiger partial charge in [0, 0.05) is 30.0 Å². The Morgan fingerprint density at radius 3 is 2.61 bits per heavy atom. The van der Waals surface area contributed by atoms with Gasteiger partial charge in [0.25, 0.3) is 0 Å². The molecule has 7 nitrogen and oxygen atoms in total. The average molecular weight is 423 g/mol. The number of halogens is 1. The van der Waals surface area contributed by atoms with Crippen LogP contribution in [-0.4, -0.2) is 43.2 Å². The van der Waals surface area contributed by atoms with Crippen molar-refractivity contribution in [2.24, 2.45) is 0 Å². The number of hydrogen-bond acceptors (Lipinski definition) is 5. The van der Waals surface area contributed by atoms with E-state index >= 15 is 0 Å². The van der Waals surface area contributed by atoms with Crippen molar-refractivity contribution in [2.45, 2.75) is 31.1 Å². The van der Waals surface area contributed by atoms with E-state index < -0.39 is 10.0 Å². The zero-order valence-electron chi connectivity index (χ0n) is 15.6. The van der Waals surface area contributed by atoms with Crippen LogP contribution in [0.1, 0.15) is 24.8 Å². The number of hydrogen-bond donors (Lipinski definition) is 2. The number of carbonyl (C=O) groups is 1. The van der Waals surface area contributed by atoms with Gasteiger partial charge < -0.3 is 10.6 Å². The number of rotatable bonds is 6. The summed E-state index contributed by atoms with van der Waals surface area (Å²) in [6.07, 6.45) is 4.15. The van der Waals surface area contributed by atoms with E-state index in [1.54, 1.807) is 24.3 Å². The topological polar surface area (TPSA) is 91.4 Å². The van der Waals surface area contributed by atoms with Crippen molar-refractivity contribution in [3.8, 4) is 0 Å². The molecule has 0 unspecified atom stereocenters. The number of aromatic nitrogens is 1. The molecule has 0 radical (unpaired) electrons. The van der Waals surface area contributed by atoms with Gasteiger partial charge in [0.15, 0.2) is 0 Å². The molecular formula is C19H23ClN4O3S. The summed E-state index contributed by atoms with van der Waals surface area (Å²) in [4.78, 5) is 16.4. The molecule has 0 saturated carbocycles. The molecule has 1 aromatic heterocycles. The zero-order chi connectivity index (χ0) is 20.1. The molecule has 2 N–H and O–H groups in total. The van der Waals surface area contributed by atoms with Crippen molar-refractivity contribution in [3.05, 3.63) is 47.1 Å². The minimum atomic E-state index is -3.51. The zero-order valence-corrected chi connectivity index (χ0v) is 17.2. The van der Waals surface area contributed by atoms with E-state index in [2.05, 4.69) is 15.6 Å². The predicted octanol–water partition coefficient (Wildman–Crippen LogP) is 3.27. The number of pyridine rings is 1. The van der Waals surface area contributed by atoms with Gasteiger partial charge in [-0.25, -0.2) is 13.4 Å². The lowest BCUT2D eigenvalue weighted by molar-refractivity contribution is -0.114. The summed E-state index contributed by atoms with van der Waals surface area (Å²) in [6, 6.07) is 8.38. The second kappa shape index (κ2) is 8.89. The minimum absolute atomic E-state index is 0.00280. The maximum absolute atomic E-state index is 12.6. The molecule has 28 heavy (non-hydrogen) atoms. The van der Waals surface area contributed by atoms with Gasteiger partial charge in [-0.05, 0) is 49.6 Å². The number of sulfonamides is 1. The summed E-state index contributed by atoms with van der Waals surface area (Å²) in [5.41, 5.74) is 1.44. The first-order chi connectivity index (χ1) is 13.4. The van der Waals surface area contributed by atoms with Crippen LogP contribution in [0.15, 0.2) is 41.4 Å². The third-order valence-corrected chi connectivity index (χ3v) is 6.95. The fourth-order valence-electron chi connectivity index (χ4n) is 3.00. The van der Waals surface area contributed by atoms with E-state index in [1.807, 2.05) is 6.92 Å². The summed E-state index contributed by atoms with van der Waals surface area (Å²) < 4.78 is 26.7. The van der Waals surface area contributed by atoms with Crippen LogP contribution in [0.4, 0.5) is 11.5 Å². The first-order valence-electron chi connectivity index (χ1n) is 9.13. The number of piperidine rings is 1. The molecule has 2 heterocycles. The van der Waals surface area contributed by atoms with Crippen LogP contribution >= 0.6 is 11.6 Å². The summed E-state index contributed by atoms with van der Waals surface area (Å²) >= 11 is 6.05. The van der Waals surface area contributed by atoms with Crippen molar-refractivity contribution in [1.82, 2.24) is 9.29 Å². The smallest absolute Gasteiger partial charge is 0.244 e. The maximum atomic E-state index is 12.6. The molecule has 2 aromatic rings. The first kappa shape index (κ1) is 20.6. The van der Waals surface area contributed by atoms with Gasteiger partial charge in [0.1, 0.15) is 10.7 Å². The SMILES string of the molecule is Cc1c(Cl)cccc1NC(=O)CNc1ccc(S(=O)(=O)N2CCCCC2)cn1. The Labute approximate surface area is 170 Å². The number of amides is 1. The lowest BCUT2D eigenvalue weighted by atomic mass is 10.2. The number of anilines is 2. The molecule has 150 valence electrons. The Bertz CT molecular complexity index is 942. The fourth-order valence-corrected chi connectivity index (χ4v) is 4.64. The minimum Gasteiger partial charge on any atom is -0.361 e. The van der Waals surface area contributed by atoms with Gasteiger partial charge in [-0.15, -0.1) is 0 Å². The van der Waals surface area contributed by atoms with Crippen molar-refractivity contribution < 1.29 is 13.2 Å². The second-order valence-electron chi connectivity index (χ2n) is 6.66. The number of nitrogens with one attached hydrogen (secondary N) is 2. The van der Waals surface area contributed by atoms with Crippen molar-refractivity contribution in [1.29, 1.82) is 0 Å². The molecule has 1 saturated heterocycles. The maximum Gasteiger partial charge on any atom is 0.244 e. The largest absolute Gasteiger partial charge is 0.361 e. The first-order valence-corrected chi connectivity index (χ1v) is 10.9. The van der Waals surface area contributed by atoms with E-state index in [0.717, 1.165) is 24.8 Å². The quantitative estimate of drug-likeness (QED) is 0.745. The Hall–Kier alpha value is -2.16. The monoisotopic (exact) mass is 422 g/mol. The average Bonchev–Trinajstić information content (AvgIpc) is 2.71. The van der Waals surface area contributed by atoms with Crippen LogP contribution in [0.25, 0.3) is 0 Å². The summed E-state index contributed by atoms with van der Waals surface area (Å²) in [5, 5.41) is 6.26. The lowest BCUT2D eigenvalue weighted by Crippen LogP contribution is -2.35. The molecule has 1 amide bonds. The van der Waals surface area contributed by atoms with Gasteiger partial charge in [-0.2, -0.15) is 4.31 Å². The van der Waals surface area contributed by atoms with Crippen molar-refractivity contribution in [3.63, 3.8) is 0 Å². The predicted molar refractivity (Wildman–Crippen MR) is 110 cm³/mol. The van der Waals surface area contributed by atoms with Crippen LogP contribution < -0.4 is 10.6 Å². The van der Waals surface area contributed by atoms with Crippen molar-refractivity contribution in [2.75, 3.05) is 30.3 Å². The molecule has 1 fully saturated rings. The number of nitrogens with zero attached hydrogens (tertiary/aromatic N) is 2. The van der Waals surface area contributed by atoms with Gasteiger partial charge >= 0.3 is 0 Å². The van der Waals surface area contributed by atoms with Crippen LogP contribution in [0.5, 0.6) is 0 Å². The Balaban J connectivity index is 1.58. The molecular weight excluding hydrogens is 400 g/mol. The molecule has 1 aliphatic heterocycles. The van der Waals surface area contributed by atoms with E-state index in [9.17, 15) is 13.2 Å². The van der Waals surface area contributed by atoms with Crippen LogP contribution in [-0.2, 0) is 14.8 Å². The highest BCUT2D eigenvalue weighted by atomic mass is 35.5. The third kappa shape index (κ3) is 4.81. The lowest BCUT2D eigenvalue weighted by Gasteiger charge is -2.25. The van der Waals surface area contributed by atoms with E-state index in [1.165, 1.54) is 16.6 Å². The van der Waals surface area contributed by atoms with Crippen LogP contribution in [0, 0.1) is 6.92 Å². The normalized spacial score (nSPS) is 15.2. The third-order valence-electron chi connectivity index (χ3n) is 4.66. The number of benzene rings is 1. The Morgan fingerprint density at radius 2 is 1.93 bits per heavy atom. The molecule has 1 aromatic carbocycles. The standard InChI is InChI=1S/C19H23ClN4O3S/c1-14-16(20)6-5-7-17(14)23-19(25)13-22-18-9-8-15(12-21-18)28(26,27)24-10-3-2-4-11-24/h5-9,12H,2-4,10-11,13H2,1H3,(H,21,22)(H,23,25). The van der Waals surface area contributed by atoms with Crippen molar-refractivity contribution >= 4 is 39.0 Å². The molecule has 0 aliphatic carbocycles. The molecule has 0 spiro atoms. The number of carbonyl (C=O) groups excluding carboxylic acids is 1. The van der Waals surface area contributed by atoms with Gasteiger partial charge in [0.05, 0.1) is 6.54 Å². The van der Waals surface area contributed by atoms with Crippen LogP contribution in [0.2, 0.25) is 5.02 Å². The van der Waals surface area contributed by atoms with Gasteiger partial charge in [-0.1, -0.05) is 24.1 Å². The van der Waals surface area contributed by atoms with Crippen LogP contribution in [0.3, 0.4) is 0 Å². The highest BCUT2D eigenvalue weighted by molar-refractivity contribution is 7.89. The molecule has 0 bridgehead atoms. The van der Waals surface area contributed by atoms with E-state index in [0.29, 0.717) is 29.6 Å². The summed E-state index contributed by atoms with van der Waals surface area (Å²) in [6.45, 7) is 2.92. The summed E-state index contributed by atoms with van der Waals surface area (Å²) in [5.74, 6) is 0.174. The molecule has 3 rings (SSSR count). The van der Waals surface area contributed by atoms with Gasteiger partial charge in [-0.3, -0.25) is 4.79 Å². The molecule has 0 atom stereocenters. The Morgan fingerprint density at radius 1 is 1.18 bits per heavy atom. The highest BCUT2D eigenvalue weighted by Crippen LogP contribution is 2.23. The molecule has 1 aliphatic rings. The highest BCUT2D eigenvalue weighted by Gasteiger charge is 2.26.